The molecule has 0 aliphatic rings. The van der Waals surface area contributed by atoms with Crippen molar-refractivity contribution in [2.24, 2.45) is 0 Å². The van der Waals surface area contributed by atoms with Gasteiger partial charge in [0.05, 0.1) is 23.4 Å². The summed E-state index contributed by atoms with van der Waals surface area (Å²) in [6, 6.07) is 10.2. The van der Waals surface area contributed by atoms with Crippen molar-refractivity contribution in [3.63, 3.8) is 0 Å². The van der Waals surface area contributed by atoms with Crippen LogP contribution in [0, 0.1) is 0 Å². The van der Waals surface area contributed by atoms with Crippen LogP contribution in [0.5, 0.6) is 5.75 Å². The van der Waals surface area contributed by atoms with Crippen molar-refractivity contribution in [2.75, 3.05) is 18.2 Å². The van der Waals surface area contributed by atoms with Crippen LogP contribution in [0.1, 0.15) is 10.4 Å². The summed E-state index contributed by atoms with van der Waals surface area (Å²) in [5.74, 6) is 0.262. The van der Waals surface area contributed by atoms with E-state index in [4.69, 9.17) is 22.1 Å². The molecule has 0 bridgehead atoms. The molecule has 2 rings (SSSR count). The van der Waals surface area contributed by atoms with Gasteiger partial charge in [-0.1, -0.05) is 17.7 Å². The van der Waals surface area contributed by atoms with Crippen LogP contribution in [-0.2, 0) is 0 Å². The van der Waals surface area contributed by atoms with Crippen molar-refractivity contribution in [1.29, 1.82) is 0 Å². The van der Waals surface area contributed by atoms with Gasteiger partial charge in [0.2, 0.25) is 0 Å². The molecule has 0 heterocycles. The Labute approximate surface area is 130 Å². The third-order valence-corrected chi connectivity index (χ3v) is 3.70. The van der Waals surface area contributed by atoms with Gasteiger partial charge >= 0.3 is 0 Å². The second-order valence-corrected chi connectivity index (χ2v) is 5.27. The van der Waals surface area contributed by atoms with Crippen molar-refractivity contribution >= 4 is 44.8 Å². The number of hydrogen-bond acceptors (Lipinski definition) is 3. The number of benzene rings is 2. The minimum Gasteiger partial charge on any atom is -0.497 e. The number of methoxy groups -OCH3 is 1. The third kappa shape index (κ3) is 3.05. The molecule has 0 atom stereocenters. The predicted molar refractivity (Wildman–Crippen MR) is 84.5 cm³/mol. The van der Waals surface area contributed by atoms with E-state index in [-0.39, 0.29) is 11.5 Å². The lowest BCUT2D eigenvalue weighted by Crippen LogP contribution is -2.15. The van der Waals surface area contributed by atoms with Gasteiger partial charge in [-0.05, 0) is 40.2 Å². The van der Waals surface area contributed by atoms with Gasteiger partial charge in [0.1, 0.15) is 5.75 Å². The van der Waals surface area contributed by atoms with Crippen LogP contribution in [0.2, 0.25) is 5.02 Å². The molecule has 4 nitrogen and oxygen atoms in total. The molecule has 6 heteroatoms. The zero-order valence-corrected chi connectivity index (χ0v) is 13.0. The Morgan fingerprint density at radius 2 is 2.10 bits per heavy atom. The molecule has 0 aromatic heterocycles. The van der Waals surface area contributed by atoms with E-state index in [0.29, 0.717) is 22.1 Å². The maximum absolute atomic E-state index is 12.3. The lowest BCUT2D eigenvalue weighted by Gasteiger charge is -2.11. The maximum atomic E-state index is 12.3. The Bertz CT molecular complexity index is 641. The zero-order valence-electron chi connectivity index (χ0n) is 10.6. The Morgan fingerprint density at radius 1 is 1.35 bits per heavy atom. The zero-order chi connectivity index (χ0) is 14.7. The van der Waals surface area contributed by atoms with Crippen LogP contribution in [0.25, 0.3) is 0 Å². The first-order valence-electron chi connectivity index (χ1n) is 5.72. The molecule has 0 saturated carbocycles. The fourth-order valence-corrected chi connectivity index (χ4v) is 2.31. The van der Waals surface area contributed by atoms with Crippen molar-refractivity contribution in [1.82, 2.24) is 0 Å². The van der Waals surface area contributed by atoms with E-state index in [1.54, 1.807) is 43.5 Å². The van der Waals surface area contributed by atoms with Crippen LogP contribution in [0.4, 0.5) is 11.4 Å². The van der Waals surface area contributed by atoms with Gasteiger partial charge in [-0.25, -0.2) is 0 Å². The van der Waals surface area contributed by atoms with Crippen molar-refractivity contribution in [3.05, 3.63) is 51.5 Å². The summed E-state index contributed by atoms with van der Waals surface area (Å²) >= 11 is 9.37. The van der Waals surface area contributed by atoms with E-state index in [1.165, 1.54) is 0 Å². The standard InChI is InChI=1S/C14H12BrClN2O2/c1-20-8-5-6-9(15)12(7-8)18-14(19)13-10(16)3-2-4-11(13)17/h2-7H,17H2,1H3,(H,18,19). The Kier molecular flexibility index (Phi) is 4.52. The number of nitrogen functional groups attached to an aromatic ring is 1. The number of nitrogens with one attached hydrogen (secondary N) is 1. The maximum Gasteiger partial charge on any atom is 0.259 e. The van der Waals surface area contributed by atoms with Crippen LogP contribution < -0.4 is 15.8 Å². The van der Waals surface area contributed by atoms with Crippen molar-refractivity contribution in [2.45, 2.75) is 0 Å². The van der Waals surface area contributed by atoms with Gasteiger partial charge in [-0.2, -0.15) is 0 Å². The number of carbonyl (C=O) groups is 1. The molecule has 3 N–H and O–H groups in total. The molecule has 0 radical (unpaired) electrons. The monoisotopic (exact) mass is 354 g/mol. The molecule has 0 aliphatic heterocycles. The number of halogens is 2. The van der Waals surface area contributed by atoms with Crippen LogP contribution in [0.15, 0.2) is 40.9 Å². The highest BCUT2D eigenvalue weighted by Crippen LogP contribution is 2.29. The lowest BCUT2D eigenvalue weighted by molar-refractivity contribution is 0.102. The van der Waals surface area contributed by atoms with Crippen LogP contribution in [0.3, 0.4) is 0 Å². The molecule has 20 heavy (non-hydrogen) atoms. The van der Waals surface area contributed by atoms with Gasteiger partial charge in [0.15, 0.2) is 0 Å². The average Bonchev–Trinajstić information content (AvgIpc) is 2.41. The highest BCUT2D eigenvalue weighted by Gasteiger charge is 2.15. The Balaban J connectivity index is 2.33. The van der Waals surface area contributed by atoms with Gasteiger partial charge in [-0.3, -0.25) is 4.79 Å². The van der Waals surface area contributed by atoms with Gasteiger partial charge < -0.3 is 15.8 Å². The summed E-state index contributed by atoms with van der Waals surface area (Å²) in [5.41, 5.74) is 6.95. The number of hydrogen-bond donors (Lipinski definition) is 2. The minimum absolute atomic E-state index is 0.254. The molecule has 0 aliphatic carbocycles. The first-order valence-corrected chi connectivity index (χ1v) is 6.89. The van der Waals surface area contributed by atoms with Crippen LogP contribution >= 0.6 is 27.5 Å². The number of anilines is 2. The van der Waals surface area contributed by atoms with E-state index in [9.17, 15) is 4.79 Å². The second-order valence-electron chi connectivity index (χ2n) is 4.00. The summed E-state index contributed by atoms with van der Waals surface area (Å²) < 4.78 is 5.86. The van der Waals surface area contributed by atoms with Crippen LogP contribution in [-0.4, -0.2) is 13.0 Å². The fraction of sp³-hybridized carbons (Fsp3) is 0.0714. The van der Waals surface area contributed by atoms with E-state index >= 15 is 0 Å². The quantitative estimate of drug-likeness (QED) is 0.820. The van der Waals surface area contributed by atoms with Crippen molar-refractivity contribution < 1.29 is 9.53 Å². The highest BCUT2D eigenvalue weighted by atomic mass is 79.9. The minimum atomic E-state index is -0.373. The number of carbonyl (C=O) groups excluding carboxylic acids is 1. The van der Waals surface area contributed by atoms with Gasteiger partial charge in [0.25, 0.3) is 5.91 Å². The highest BCUT2D eigenvalue weighted by molar-refractivity contribution is 9.10. The first kappa shape index (κ1) is 14.7. The number of nitrogens with two attached hydrogens (primary N) is 1. The third-order valence-electron chi connectivity index (χ3n) is 2.69. The predicted octanol–water partition coefficient (Wildman–Crippen LogP) is 3.95. The number of ether oxygens (including phenoxy) is 1. The Morgan fingerprint density at radius 3 is 2.75 bits per heavy atom. The molecule has 0 saturated heterocycles. The molecule has 0 fully saturated rings. The lowest BCUT2D eigenvalue weighted by atomic mass is 10.1. The molecule has 0 unspecified atom stereocenters. The second kappa shape index (κ2) is 6.15. The molecule has 2 aromatic carbocycles. The molecule has 104 valence electrons. The topological polar surface area (TPSA) is 64.3 Å². The first-order chi connectivity index (χ1) is 9.52. The van der Waals surface area contributed by atoms with E-state index < -0.39 is 0 Å². The van der Waals surface area contributed by atoms with Crippen molar-refractivity contribution in [3.8, 4) is 5.75 Å². The number of amides is 1. The van der Waals surface area contributed by atoms with Gasteiger partial charge in [-0.15, -0.1) is 0 Å². The molecule has 0 spiro atoms. The average molecular weight is 356 g/mol. The van der Waals surface area contributed by atoms with Gasteiger partial charge in [0, 0.05) is 16.2 Å². The van der Waals surface area contributed by atoms with E-state index in [2.05, 4.69) is 21.2 Å². The van der Waals surface area contributed by atoms with E-state index in [0.717, 1.165) is 4.47 Å². The number of rotatable bonds is 3. The normalized spacial score (nSPS) is 10.2. The van der Waals surface area contributed by atoms with E-state index in [1.807, 2.05) is 0 Å². The molecular formula is C14H12BrClN2O2. The fourth-order valence-electron chi connectivity index (χ4n) is 1.69. The molecular weight excluding hydrogens is 344 g/mol. The smallest absolute Gasteiger partial charge is 0.259 e. The SMILES string of the molecule is COc1ccc(Br)c(NC(=O)c2c(N)cccc2Cl)c1. The largest absolute Gasteiger partial charge is 0.497 e. The Hall–Kier alpha value is -1.72. The summed E-state index contributed by atoms with van der Waals surface area (Å²) in [6.07, 6.45) is 0. The summed E-state index contributed by atoms with van der Waals surface area (Å²) in [4.78, 5) is 12.3. The molecule has 1 amide bonds. The summed E-state index contributed by atoms with van der Waals surface area (Å²) in [6.45, 7) is 0. The summed E-state index contributed by atoms with van der Waals surface area (Å²) in [7, 11) is 1.56. The molecule has 2 aromatic rings. The summed E-state index contributed by atoms with van der Waals surface area (Å²) in [5, 5.41) is 3.06.